The Bertz CT molecular complexity index is 959. The number of ether oxygens (including phenoxy) is 2. The molecule has 0 aromatic heterocycles. The van der Waals surface area contributed by atoms with Crippen LogP contribution in [0.2, 0.25) is 0 Å². The molecule has 1 amide bonds. The van der Waals surface area contributed by atoms with Gasteiger partial charge in [0.15, 0.2) is 6.10 Å². The van der Waals surface area contributed by atoms with Gasteiger partial charge in [0, 0.05) is 0 Å². The number of para-hydroxylation sites is 1. The molecule has 0 spiro atoms. The van der Waals surface area contributed by atoms with Crippen LogP contribution in [0.15, 0.2) is 88.4 Å². The second-order valence-electron chi connectivity index (χ2n) is 6.27. The van der Waals surface area contributed by atoms with Gasteiger partial charge in [0.05, 0.1) is 10.7 Å². The first-order chi connectivity index (χ1) is 14.1. The molecule has 29 heavy (non-hydrogen) atoms. The fraction of sp³-hybridized carbons (Fsp3) is 0.130. The molecule has 0 aliphatic carbocycles. The third kappa shape index (κ3) is 6.47. The van der Waals surface area contributed by atoms with Crippen molar-refractivity contribution in [3.8, 4) is 11.5 Å². The Morgan fingerprint density at radius 3 is 2.45 bits per heavy atom. The van der Waals surface area contributed by atoms with Gasteiger partial charge in [-0.15, -0.1) is 0 Å². The summed E-state index contributed by atoms with van der Waals surface area (Å²) in [6.07, 6.45) is 0.893. The van der Waals surface area contributed by atoms with Crippen molar-refractivity contribution < 1.29 is 14.3 Å². The van der Waals surface area contributed by atoms with Gasteiger partial charge in [0.2, 0.25) is 0 Å². The number of carbonyl (C=O) groups excluding carboxylic acids is 1. The number of benzene rings is 3. The van der Waals surface area contributed by atoms with Gasteiger partial charge in [-0.2, -0.15) is 5.10 Å². The highest BCUT2D eigenvalue weighted by Crippen LogP contribution is 2.24. The van der Waals surface area contributed by atoms with Crippen LogP contribution in [0, 0.1) is 0 Å². The van der Waals surface area contributed by atoms with Crippen molar-refractivity contribution in [3.63, 3.8) is 0 Å². The minimum absolute atomic E-state index is 0.334. The number of rotatable bonds is 8. The molecule has 0 unspecified atom stereocenters. The first kappa shape index (κ1) is 20.6. The van der Waals surface area contributed by atoms with E-state index in [0.29, 0.717) is 12.4 Å². The third-order valence-electron chi connectivity index (χ3n) is 4.03. The van der Waals surface area contributed by atoms with Gasteiger partial charge in [0.1, 0.15) is 18.1 Å². The summed E-state index contributed by atoms with van der Waals surface area (Å²) < 4.78 is 12.2. The molecular weight excluding hydrogens is 432 g/mol. The molecule has 148 valence electrons. The lowest BCUT2D eigenvalue weighted by Crippen LogP contribution is -2.33. The Hall–Kier alpha value is -3.12. The summed E-state index contributed by atoms with van der Waals surface area (Å²) in [4.78, 5) is 12.1. The van der Waals surface area contributed by atoms with Crippen molar-refractivity contribution in [3.05, 3.63) is 94.5 Å². The highest BCUT2D eigenvalue weighted by Gasteiger charge is 2.15. The van der Waals surface area contributed by atoms with Crippen molar-refractivity contribution in [1.29, 1.82) is 0 Å². The van der Waals surface area contributed by atoms with Crippen LogP contribution in [0.25, 0.3) is 0 Å². The Labute approximate surface area is 178 Å². The first-order valence-corrected chi connectivity index (χ1v) is 9.92. The molecular formula is C23H21BrN2O3. The normalized spacial score (nSPS) is 11.8. The first-order valence-electron chi connectivity index (χ1n) is 9.13. The van der Waals surface area contributed by atoms with E-state index in [1.807, 2.05) is 72.8 Å². The molecule has 3 rings (SSSR count). The average Bonchev–Trinajstić information content (AvgIpc) is 2.75. The number of hydrogen-bond donors (Lipinski definition) is 1. The molecule has 0 bridgehead atoms. The molecule has 5 nitrogen and oxygen atoms in total. The maximum Gasteiger partial charge on any atom is 0.280 e. The zero-order valence-electron chi connectivity index (χ0n) is 15.9. The van der Waals surface area contributed by atoms with E-state index in [2.05, 4.69) is 26.5 Å². The molecule has 1 atom stereocenters. The molecule has 3 aromatic rings. The van der Waals surface area contributed by atoms with Crippen molar-refractivity contribution >= 4 is 28.1 Å². The molecule has 6 heteroatoms. The summed E-state index contributed by atoms with van der Waals surface area (Å²) in [6, 6.07) is 24.8. The number of amides is 1. The van der Waals surface area contributed by atoms with Crippen molar-refractivity contribution in [1.82, 2.24) is 5.43 Å². The van der Waals surface area contributed by atoms with Crippen molar-refractivity contribution in [2.45, 2.75) is 19.6 Å². The van der Waals surface area contributed by atoms with Crippen LogP contribution in [0.4, 0.5) is 0 Å². The number of nitrogens with zero attached hydrogens (tertiary/aromatic N) is 1. The quantitative estimate of drug-likeness (QED) is 0.388. The topological polar surface area (TPSA) is 59.9 Å². The van der Waals surface area contributed by atoms with E-state index in [9.17, 15) is 4.79 Å². The number of carbonyl (C=O) groups is 1. The predicted octanol–water partition coefficient (Wildman–Crippen LogP) is 4.95. The second-order valence-corrected chi connectivity index (χ2v) is 7.12. The van der Waals surface area contributed by atoms with Gasteiger partial charge in [0.25, 0.3) is 5.91 Å². The molecule has 1 N–H and O–H groups in total. The lowest BCUT2D eigenvalue weighted by Gasteiger charge is -2.13. The molecule has 3 aromatic carbocycles. The average molecular weight is 453 g/mol. The van der Waals surface area contributed by atoms with Gasteiger partial charge in [-0.3, -0.25) is 4.79 Å². The smallest absolute Gasteiger partial charge is 0.280 e. The summed E-state index contributed by atoms with van der Waals surface area (Å²) in [5.41, 5.74) is 4.45. The number of hydrazone groups is 1. The van der Waals surface area contributed by atoms with Crippen LogP contribution < -0.4 is 14.9 Å². The fourth-order valence-electron chi connectivity index (χ4n) is 2.44. The van der Waals surface area contributed by atoms with Crippen LogP contribution >= 0.6 is 15.9 Å². The van der Waals surface area contributed by atoms with Gasteiger partial charge in [-0.05, 0) is 70.4 Å². The van der Waals surface area contributed by atoms with Gasteiger partial charge < -0.3 is 9.47 Å². The van der Waals surface area contributed by atoms with E-state index < -0.39 is 6.10 Å². The third-order valence-corrected chi connectivity index (χ3v) is 4.68. The summed E-state index contributed by atoms with van der Waals surface area (Å²) in [5.74, 6) is 1.04. The summed E-state index contributed by atoms with van der Waals surface area (Å²) >= 11 is 3.39. The van der Waals surface area contributed by atoms with E-state index in [4.69, 9.17) is 9.47 Å². The summed E-state index contributed by atoms with van der Waals surface area (Å²) in [5, 5.41) is 3.99. The standard InChI is InChI=1S/C23H21BrN2O3/c1-17(29-22-10-6-5-9-21(22)24)23(27)26-25-15-18-11-13-20(14-12-18)28-16-19-7-3-2-4-8-19/h2-15,17H,16H2,1H3,(H,26,27)/b25-15-/t17-/m1/s1. The monoisotopic (exact) mass is 452 g/mol. The number of nitrogens with one attached hydrogen (secondary N) is 1. The molecule has 0 saturated carbocycles. The largest absolute Gasteiger partial charge is 0.489 e. The van der Waals surface area contributed by atoms with E-state index in [0.717, 1.165) is 21.3 Å². The molecule has 0 aliphatic rings. The van der Waals surface area contributed by atoms with E-state index in [1.54, 1.807) is 19.2 Å². The van der Waals surface area contributed by atoms with E-state index in [-0.39, 0.29) is 5.91 Å². The van der Waals surface area contributed by atoms with E-state index >= 15 is 0 Å². The SMILES string of the molecule is C[C@@H](Oc1ccccc1Br)C(=O)N/N=C\c1ccc(OCc2ccccc2)cc1. The molecule has 0 fully saturated rings. The Morgan fingerprint density at radius 2 is 1.72 bits per heavy atom. The Balaban J connectivity index is 1.47. The van der Waals surface area contributed by atoms with Crippen LogP contribution in [0.1, 0.15) is 18.1 Å². The van der Waals surface area contributed by atoms with E-state index in [1.165, 1.54) is 0 Å². The summed E-state index contributed by atoms with van der Waals surface area (Å²) in [6.45, 7) is 2.18. The fourth-order valence-corrected chi connectivity index (χ4v) is 2.81. The molecule has 0 heterocycles. The van der Waals surface area contributed by atoms with Crippen molar-refractivity contribution in [2.24, 2.45) is 5.10 Å². The summed E-state index contributed by atoms with van der Waals surface area (Å²) in [7, 11) is 0. The number of hydrogen-bond acceptors (Lipinski definition) is 4. The maximum absolute atomic E-state index is 12.1. The Morgan fingerprint density at radius 1 is 1.03 bits per heavy atom. The van der Waals surface area contributed by atoms with Gasteiger partial charge in [-0.1, -0.05) is 42.5 Å². The lowest BCUT2D eigenvalue weighted by atomic mass is 10.2. The van der Waals surface area contributed by atoms with Crippen molar-refractivity contribution in [2.75, 3.05) is 0 Å². The van der Waals surface area contributed by atoms with Gasteiger partial charge in [-0.25, -0.2) is 5.43 Å². The van der Waals surface area contributed by atoms with Crippen LogP contribution in [-0.4, -0.2) is 18.2 Å². The molecule has 0 aliphatic heterocycles. The van der Waals surface area contributed by atoms with Gasteiger partial charge >= 0.3 is 0 Å². The number of halogens is 1. The Kier molecular flexibility index (Phi) is 7.41. The minimum atomic E-state index is -0.681. The molecule has 0 saturated heterocycles. The minimum Gasteiger partial charge on any atom is -0.489 e. The zero-order chi connectivity index (χ0) is 20.5. The lowest BCUT2D eigenvalue weighted by molar-refractivity contribution is -0.127. The maximum atomic E-state index is 12.1. The van der Waals surface area contributed by atoms with Crippen LogP contribution in [0.3, 0.4) is 0 Å². The van der Waals surface area contributed by atoms with Crippen LogP contribution in [-0.2, 0) is 11.4 Å². The second kappa shape index (κ2) is 10.4. The highest BCUT2D eigenvalue weighted by molar-refractivity contribution is 9.10. The highest BCUT2D eigenvalue weighted by atomic mass is 79.9. The zero-order valence-corrected chi connectivity index (χ0v) is 17.5. The molecule has 0 radical (unpaired) electrons. The van der Waals surface area contributed by atoms with Crippen LogP contribution in [0.5, 0.6) is 11.5 Å². The predicted molar refractivity (Wildman–Crippen MR) is 117 cm³/mol.